The van der Waals surface area contributed by atoms with Crippen molar-refractivity contribution in [1.82, 2.24) is 0 Å². The van der Waals surface area contributed by atoms with E-state index < -0.39 is 8.32 Å². The molecule has 0 aliphatic heterocycles. The normalized spacial score (nSPS) is 12.3. The molecule has 0 bridgehead atoms. The SMILES string of the molecule is COCOc1cc(CO[Si](C)(C)C(C)(C)C)cc(OCOC)c1Br. The van der Waals surface area contributed by atoms with E-state index in [9.17, 15) is 0 Å². The van der Waals surface area contributed by atoms with Gasteiger partial charge in [0, 0.05) is 14.2 Å². The molecule has 138 valence electrons. The number of hydrogen-bond donors (Lipinski definition) is 0. The summed E-state index contributed by atoms with van der Waals surface area (Å²) in [5, 5.41) is 0.160. The van der Waals surface area contributed by atoms with Crippen LogP contribution in [0.3, 0.4) is 0 Å². The Morgan fingerprint density at radius 1 is 0.958 bits per heavy atom. The number of hydrogen-bond acceptors (Lipinski definition) is 5. The fourth-order valence-electron chi connectivity index (χ4n) is 1.65. The van der Waals surface area contributed by atoms with Crippen LogP contribution in [0, 0.1) is 0 Å². The highest BCUT2D eigenvalue weighted by atomic mass is 79.9. The van der Waals surface area contributed by atoms with E-state index in [0.717, 1.165) is 10.0 Å². The van der Waals surface area contributed by atoms with E-state index in [1.807, 2.05) is 12.1 Å². The van der Waals surface area contributed by atoms with Crippen molar-refractivity contribution in [3.05, 3.63) is 22.2 Å². The van der Waals surface area contributed by atoms with Gasteiger partial charge in [-0.1, -0.05) is 20.8 Å². The van der Waals surface area contributed by atoms with E-state index >= 15 is 0 Å². The summed E-state index contributed by atoms with van der Waals surface area (Å²) in [5.41, 5.74) is 0.986. The van der Waals surface area contributed by atoms with Crippen molar-refractivity contribution in [2.24, 2.45) is 0 Å². The van der Waals surface area contributed by atoms with Gasteiger partial charge in [0.2, 0.25) is 0 Å². The minimum absolute atomic E-state index is 0.160. The fourth-order valence-corrected chi connectivity index (χ4v) is 3.06. The molecule has 1 aromatic rings. The van der Waals surface area contributed by atoms with E-state index in [-0.39, 0.29) is 18.6 Å². The summed E-state index contributed by atoms with van der Waals surface area (Å²) in [6.07, 6.45) is 0. The van der Waals surface area contributed by atoms with E-state index in [1.54, 1.807) is 14.2 Å². The zero-order valence-corrected chi connectivity index (χ0v) is 18.3. The third kappa shape index (κ3) is 6.04. The Hall–Kier alpha value is -0.603. The van der Waals surface area contributed by atoms with Crippen molar-refractivity contribution in [3.8, 4) is 11.5 Å². The molecule has 1 rings (SSSR count). The number of benzene rings is 1. The van der Waals surface area contributed by atoms with Gasteiger partial charge >= 0.3 is 0 Å². The largest absolute Gasteiger partial charge is 0.466 e. The van der Waals surface area contributed by atoms with E-state index in [2.05, 4.69) is 49.8 Å². The lowest BCUT2D eigenvalue weighted by atomic mass is 10.2. The molecule has 0 aromatic heterocycles. The zero-order chi connectivity index (χ0) is 18.4. The Morgan fingerprint density at radius 2 is 1.42 bits per heavy atom. The molecule has 0 radical (unpaired) electrons. The van der Waals surface area contributed by atoms with Crippen LogP contribution in [0.1, 0.15) is 26.3 Å². The van der Waals surface area contributed by atoms with Gasteiger partial charge in [-0.05, 0) is 51.8 Å². The first-order chi connectivity index (χ1) is 11.1. The second kappa shape index (κ2) is 9.19. The van der Waals surface area contributed by atoms with Crippen LogP contribution in [-0.4, -0.2) is 36.1 Å². The van der Waals surface area contributed by atoms with Gasteiger partial charge in [-0.3, -0.25) is 0 Å². The summed E-state index contributed by atoms with van der Waals surface area (Å²) in [7, 11) is 1.34. The summed E-state index contributed by atoms with van der Waals surface area (Å²) in [4.78, 5) is 0. The van der Waals surface area contributed by atoms with Crippen molar-refractivity contribution in [3.63, 3.8) is 0 Å². The van der Waals surface area contributed by atoms with Crippen molar-refractivity contribution in [2.75, 3.05) is 27.8 Å². The minimum atomic E-state index is -1.83. The molecule has 7 heteroatoms. The third-order valence-corrected chi connectivity index (χ3v) is 9.40. The van der Waals surface area contributed by atoms with Crippen LogP contribution in [-0.2, 0) is 20.5 Å². The van der Waals surface area contributed by atoms with E-state index in [0.29, 0.717) is 18.1 Å². The molecule has 0 aliphatic carbocycles. The highest BCUT2D eigenvalue weighted by Crippen LogP contribution is 2.39. The predicted molar refractivity (Wildman–Crippen MR) is 101 cm³/mol. The van der Waals surface area contributed by atoms with Gasteiger partial charge in [0.05, 0.1) is 6.61 Å². The summed E-state index contributed by atoms with van der Waals surface area (Å²) in [6.45, 7) is 12.0. The topological polar surface area (TPSA) is 46.2 Å². The lowest BCUT2D eigenvalue weighted by molar-refractivity contribution is 0.0447. The van der Waals surface area contributed by atoms with Crippen LogP contribution in [0.4, 0.5) is 0 Å². The Bertz CT molecular complexity index is 499. The maximum Gasteiger partial charge on any atom is 0.192 e. The van der Waals surface area contributed by atoms with Crippen molar-refractivity contribution in [1.29, 1.82) is 0 Å². The molecular formula is C17H29BrO5Si. The zero-order valence-electron chi connectivity index (χ0n) is 15.7. The second-order valence-electron chi connectivity index (χ2n) is 7.06. The van der Waals surface area contributed by atoms with Gasteiger partial charge in [0.1, 0.15) is 16.0 Å². The summed E-state index contributed by atoms with van der Waals surface area (Å²) in [6, 6.07) is 3.88. The average molecular weight is 421 g/mol. The minimum Gasteiger partial charge on any atom is -0.466 e. The highest BCUT2D eigenvalue weighted by molar-refractivity contribution is 9.10. The maximum absolute atomic E-state index is 6.29. The molecule has 0 fully saturated rings. The Morgan fingerprint density at radius 3 is 1.79 bits per heavy atom. The first-order valence-electron chi connectivity index (χ1n) is 7.82. The molecule has 0 unspecified atom stereocenters. The van der Waals surface area contributed by atoms with Gasteiger partial charge in [-0.2, -0.15) is 0 Å². The summed E-state index contributed by atoms with van der Waals surface area (Å²) in [5.74, 6) is 1.30. The number of halogens is 1. The third-order valence-electron chi connectivity index (χ3n) is 4.14. The van der Waals surface area contributed by atoms with Crippen molar-refractivity contribution < 1.29 is 23.4 Å². The standard InChI is InChI=1S/C17H29BrO5Si/c1-17(2,3)24(6,7)23-10-13-8-14(21-11-19-4)16(18)15(9-13)22-12-20-5/h8-9H,10-12H2,1-7H3. The Balaban J connectivity index is 3.00. The van der Waals surface area contributed by atoms with Crippen LogP contribution in [0.2, 0.25) is 18.1 Å². The van der Waals surface area contributed by atoms with Crippen LogP contribution < -0.4 is 9.47 Å². The van der Waals surface area contributed by atoms with Gasteiger partial charge in [-0.25, -0.2) is 0 Å². The molecule has 1 aromatic carbocycles. The van der Waals surface area contributed by atoms with E-state index in [1.165, 1.54) is 0 Å². The maximum atomic E-state index is 6.29. The lowest BCUT2D eigenvalue weighted by Gasteiger charge is -2.36. The smallest absolute Gasteiger partial charge is 0.192 e. The van der Waals surface area contributed by atoms with Gasteiger partial charge in [0.25, 0.3) is 0 Å². The Kier molecular flexibility index (Phi) is 8.21. The molecule has 0 amide bonds. The molecule has 0 saturated heterocycles. The molecule has 0 aliphatic rings. The average Bonchev–Trinajstić information content (AvgIpc) is 2.50. The number of methoxy groups -OCH3 is 2. The molecular weight excluding hydrogens is 392 g/mol. The van der Waals surface area contributed by atoms with Gasteiger partial charge in [-0.15, -0.1) is 0 Å². The highest BCUT2D eigenvalue weighted by Gasteiger charge is 2.37. The molecule has 5 nitrogen and oxygen atoms in total. The molecule has 0 saturated carbocycles. The van der Waals surface area contributed by atoms with Crippen molar-refractivity contribution in [2.45, 2.75) is 45.5 Å². The molecule has 0 atom stereocenters. The van der Waals surface area contributed by atoms with Gasteiger partial charge in [0.15, 0.2) is 21.9 Å². The summed E-state index contributed by atoms with van der Waals surface area (Å²) >= 11 is 3.50. The lowest BCUT2D eigenvalue weighted by Crippen LogP contribution is -2.40. The van der Waals surface area contributed by atoms with Gasteiger partial charge < -0.3 is 23.4 Å². The van der Waals surface area contributed by atoms with E-state index in [4.69, 9.17) is 23.4 Å². The number of ether oxygens (including phenoxy) is 4. The molecule has 0 spiro atoms. The Labute approximate surface area is 154 Å². The fraction of sp³-hybridized carbons (Fsp3) is 0.647. The van der Waals surface area contributed by atoms with Crippen LogP contribution in [0.5, 0.6) is 11.5 Å². The van der Waals surface area contributed by atoms with Crippen molar-refractivity contribution >= 4 is 24.2 Å². The first-order valence-corrected chi connectivity index (χ1v) is 11.5. The molecule has 0 heterocycles. The first kappa shape index (κ1) is 21.4. The quantitative estimate of drug-likeness (QED) is 0.418. The van der Waals surface area contributed by atoms with Crippen LogP contribution >= 0.6 is 15.9 Å². The molecule has 24 heavy (non-hydrogen) atoms. The number of rotatable bonds is 9. The van der Waals surface area contributed by atoms with Crippen LogP contribution in [0.15, 0.2) is 16.6 Å². The predicted octanol–water partition coefficient (Wildman–Crippen LogP) is 4.94. The summed E-state index contributed by atoms with van der Waals surface area (Å²) < 4.78 is 28.2. The monoisotopic (exact) mass is 420 g/mol. The van der Waals surface area contributed by atoms with Crippen LogP contribution in [0.25, 0.3) is 0 Å². The second-order valence-corrected chi connectivity index (χ2v) is 12.7. The molecule has 0 N–H and O–H groups in total.